The molecule has 0 aliphatic carbocycles. The molecule has 9 heteroatoms. The number of piperazine rings is 1. The molecule has 0 radical (unpaired) electrons. The molecule has 2 fully saturated rings. The van der Waals surface area contributed by atoms with E-state index in [2.05, 4.69) is 14.8 Å². The summed E-state index contributed by atoms with van der Waals surface area (Å²) in [5.41, 5.74) is 0.594. The smallest absolute Gasteiger partial charge is 0.261 e. The van der Waals surface area contributed by atoms with Crippen molar-refractivity contribution in [3.8, 4) is 0 Å². The van der Waals surface area contributed by atoms with Gasteiger partial charge < -0.3 is 24.6 Å². The Kier molecular flexibility index (Phi) is 6.12. The quantitative estimate of drug-likeness (QED) is 0.674. The Hall–Kier alpha value is -2.04. The van der Waals surface area contributed by atoms with Gasteiger partial charge in [0.1, 0.15) is 5.60 Å². The van der Waals surface area contributed by atoms with Crippen LogP contribution in [0.25, 0.3) is 10.9 Å². The summed E-state index contributed by atoms with van der Waals surface area (Å²) in [6, 6.07) is 5.70. The largest absolute Gasteiger partial charge is 0.395 e. The van der Waals surface area contributed by atoms with Gasteiger partial charge in [-0.3, -0.25) is 14.3 Å². The molecule has 0 spiro atoms. The first-order valence-corrected chi connectivity index (χ1v) is 10.0. The summed E-state index contributed by atoms with van der Waals surface area (Å²) in [6.45, 7) is 5.64. The highest BCUT2D eigenvalue weighted by molar-refractivity contribution is 5.81. The monoisotopic (exact) mass is 404 g/mol. The van der Waals surface area contributed by atoms with E-state index in [1.165, 1.54) is 10.9 Å². The van der Waals surface area contributed by atoms with Gasteiger partial charge in [-0.15, -0.1) is 0 Å². The zero-order valence-electron chi connectivity index (χ0n) is 16.5. The van der Waals surface area contributed by atoms with Crippen molar-refractivity contribution in [3.63, 3.8) is 0 Å². The van der Waals surface area contributed by atoms with Crippen molar-refractivity contribution in [1.82, 2.24) is 14.5 Å². The van der Waals surface area contributed by atoms with Crippen molar-refractivity contribution in [2.24, 2.45) is 0 Å². The molecule has 158 valence electrons. The van der Waals surface area contributed by atoms with Crippen molar-refractivity contribution in [2.75, 3.05) is 70.7 Å². The van der Waals surface area contributed by atoms with Crippen molar-refractivity contribution in [3.05, 3.63) is 34.9 Å². The molecule has 2 aliphatic rings. The van der Waals surface area contributed by atoms with Crippen LogP contribution in [0.5, 0.6) is 0 Å². The second kappa shape index (κ2) is 8.76. The van der Waals surface area contributed by atoms with Gasteiger partial charge in [-0.1, -0.05) is 0 Å². The highest BCUT2D eigenvalue weighted by Gasteiger charge is 2.33. The molecule has 0 saturated carbocycles. The van der Waals surface area contributed by atoms with Crippen LogP contribution in [0.15, 0.2) is 29.3 Å². The molecule has 29 heavy (non-hydrogen) atoms. The highest BCUT2D eigenvalue weighted by Crippen LogP contribution is 2.21. The number of hydrogen-bond acceptors (Lipinski definition) is 8. The van der Waals surface area contributed by atoms with Gasteiger partial charge in [0.2, 0.25) is 0 Å². The molecule has 2 saturated heterocycles. The second-order valence-corrected chi connectivity index (χ2v) is 7.76. The summed E-state index contributed by atoms with van der Waals surface area (Å²) in [5.74, 6) is 0. The molecule has 4 rings (SSSR count). The highest BCUT2D eigenvalue weighted by atomic mass is 16.6. The van der Waals surface area contributed by atoms with Gasteiger partial charge in [0.05, 0.1) is 56.8 Å². The fourth-order valence-electron chi connectivity index (χ4n) is 3.97. The maximum atomic E-state index is 12.4. The van der Waals surface area contributed by atoms with Crippen molar-refractivity contribution < 1.29 is 19.7 Å². The minimum atomic E-state index is -0.958. The van der Waals surface area contributed by atoms with Crippen LogP contribution in [0.4, 0.5) is 5.69 Å². The van der Waals surface area contributed by atoms with E-state index in [-0.39, 0.29) is 18.7 Å². The molecule has 0 bridgehead atoms. The van der Waals surface area contributed by atoms with E-state index in [4.69, 9.17) is 14.6 Å². The molecule has 9 nitrogen and oxygen atoms in total. The lowest BCUT2D eigenvalue weighted by Gasteiger charge is -2.39. The molecular formula is C20H28N4O5. The molecule has 1 aromatic carbocycles. The predicted molar refractivity (Wildman–Crippen MR) is 108 cm³/mol. The van der Waals surface area contributed by atoms with E-state index < -0.39 is 5.60 Å². The number of ether oxygens (including phenoxy) is 2. The van der Waals surface area contributed by atoms with Crippen molar-refractivity contribution in [1.29, 1.82) is 0 Å². The van der Waals surface area contributed by atoms with Gasteiger partial charge in [-0.05, 0) is 18.2 Å². The molecule has 2 N–H and O–H groups in total. The van der Waals surface area contributed by atoms with E-state index in [1.54, 1.807) is 0 Å². The summed E-state index contributed by atoms with van der Waals surface area (Å²) in [7, 11) is 0. The van der Waals surface area contributed by atoms with Crippen molar-refractivity contribution >= 4 is 16.6 Å². The fourth-order valence-corrected chi connectivity index (χ4v) is 3.97. The van der Waals surface area contributed by atoms with Crippen LogP contribution in [-0.4, -0.2) is 96.0 Å². The van der Waals surface area contributed by atoms with E-state index >= 15 is 0 Å². The number of hydrogen-bond donors (Lipinski definition) is 2. The molecule has 1 aromatic heterocycles. The number of aliphatic hydroxyl groups excluding tert-OH is 1. The zero-order valence-corrected chi connectivity index (χ0v) is 16.5. The SMILES string of the molecule is O=c1c2ccc(N3CCN(CC4(O)COCCOC4)CC3)cc2ncn1CCO. The summed E-state index contributed by atoms with van der Waals surface area (Å²) in [5, 5.41) is 20.3. The maximum Gasteiger partial charge on any atom is 0.261 e. The number of β-amino-alcohol motifs (C(OH)–C–C–N with tert-alkyl or cyclic N) is 1. The summed E-state index contributed by atoms with van der Waals surface area (Å²) >= 11 is 0. The third-order valence-corrected chi connectivity index (χ3v) is 5.52. The fraction of sp³-hybridized carbons (Fsp3) is 0.600. The van der Waals surface area contributed by atoms with Crippen LogP contribution in [-0.2, 0) is 16.0 Å². The Morgan fingerprint density at radius 2 is 1.83 bits per heavy atom. The minimum absolute atomic E-state index is 0.0944. The molecule has 2 aromatic rings. The number of rotatable bonds is 5. The van der Waals surface area contributed by atoms with E-state index in [0.29, 0.717) is 43.9 Å². The average molecular weight is 404 g/mol. The number of aliphatic hydroxyl groups is 2. The van der Waals surface area contributed by atoms with E-state index in [9.17, 15) is 9.90 Å². The Morgan fingerprint density at radius 3 is 2.52 bits per heavy atom. The number of anilines is 1. The number of benzene rings is 1. The lowest BCUT2D eigenvalue weighted by Crippen LogP contribution is -2.54. The van der Waals surface area contributed by atoms with Crippen LogP contribution in [0.3, 0.4) is 0 Å². The number of aromatic nitrogens is 2. The molecule has 0 amide bonds. The molecular weight excluding hydrogens is 376 g/mol. The minimum Gasteiger partial charge on any atom is -0.395 e. The third kappa shape index (κ3) is 4.59. The number of fused-ring (bicyclic) bond motifs is 1. The Bertz CT molecular complexity index is 886. The van der Waals surface area contributed by atoms with Crippen LogP contribution >= 0.6 is 0 Å². The zero-order chi connectivity index (χ0) is 20.3. The van der Waals surface area contributed by atoms with Gasteiger partial charge in [-0.25, -0.2) is 4.98 Å². The van der Waals surface area contributed by atoms with Gasteiger partial charge in [0.25, 0.3) is 5.56 Å². The first-order chi connectivity index (χ1) is 14.1. The second-order valence-electron chi connectivity index (χ2n) is 7.76. The summed E-state index contributed by atoms with van der Waals surface area (Å²) in [4.78, 5) is 21.3. The Labute approximate surface area is 169 Å². The summed E-state index contributed by atoms with van der Waals surface area (Å²) in [6.07, 6.45) is 1.49. The Morgan fingerprint density at radius 1 is 1.10 bits per heavy atom. The predicted octanol–water partition coefficient (Wildman–Crippen LogP) is -0.711. The number of nitrogens with zero attached hydrogens (tertiary/aromatic N) is 4. The van der Waals surface area contributed by atoms with Crippen LogP contribution in [0.2, 0.25) is 0 Å². The average Bonchev–Trinajstić information content (AvgIpc) is 2.95. The van der Waals surface area contributed by atoms with Crippen molar-refractivity contribution in [2.45, 2.75) is 12.1 Å². The maximum absolute atomic E-state index is 12.4. The first-order valence-electron chi connectivity index (χ1n) is 10.0. The molecule has 0 atom stereocenters. The van der Waals surface area contributed by atoms with E-state index in [0.717, 1.165) is 31.9 Å². The lowest BCUT2D eigenvalue weighted by atomic mass is 10.1. The van der Waals surface area contributed by atoms with Crippen LogP contribution in [0, 0.1) is 0 Å². The summed E-state index contributed by atoms with van der Waals surface area (Å²) < 4.78 is 12.3. The topological polar surface area (TPSA) is 100 Å². The van der Waals surface area contributed by atoms with Crippen LogP contribution in [0.1, 0.15) is 0 Å². The van der Waals surface area contributed by atoms with Gasteiger partial charge >= 0.3 is 0 Å². The molecule has 0 unspecified atom stereocenters. The van der Waals surface area contributed by atoms with Gasteiger partial charge in [0, 0.05) is 38.4 Å². The molecule has 2 aliphatic heterocycles. The van der Waals surface area contributed by atoms with Gasteiger partial charge in [-0.2, -0.15) is 0 Å². The molecule has 3 heterocycles. The van der Waals surface area contributed by atoms with Crippen LogP contribution < -0.4 is 10.5 Å². The Balaban J connectivity index is 1.41. The lowest BCUT2D eigenvalue weighted by molar-refractivity contribution is -0.0746. The van der Waals surface area contributed by atoms with E-state index in [1.807, 2.05) is 18.2 Å². The first kappa shape index (κ1) is 20.2. The third-order valence-electron chi connectivity index (χ3n) is 5.52. The van der Waals surface area contributed by atoms with Gasteiger partial charge in [0.15, 0.2) is 0 Å². The standard InChI is InChI=1S/C20H28N4O5/c25-8-7-24-15-21-18-11-16(1-2-17(18)19(24)26)23-5-3-22(4-6-23)12-20(27)13-28-9-10-29-14-20/h1-2,11,15,25,27H,3-10,12-14H2. The normalized spacial score (nSPS) is 20.7.